The van der Waals surface area contributed by atoms with Crippen LogP contribution in [0.4, 0.5) is 15.5 Å². The highest BCUT2D eigenvalue weighted by molar-refractivity contribution is 6.72. The molecule has 4 aliphatic rings. The summed E-state index contributed by atoms with van der Waals surface area (Å²) >= 11 is 0. The smallest absolute Gasteiger partial charge is 0.264 e. The molecular formula is C27H36FN3O5Si. The molecular weight excluding hydrogens is 493 g/mol. The van der Waals surface area contributed by atoms with E-state index in [1.165, 1.54) is 0 Å². The highest BCUT2D eigenvalue weighted by Gasteiger charge is 2.67. The summed E-state index contributed by atoms with van der Waals surface area (Å²) in [5, 5.41) is 9.71. The number of fused-ring (bicyclic) bond motifs is 2. The molecule has 4 heterocycles. The Labute approximate surface area is 218 Å². The summed E-state index contributed by atoms with van der Waals surface area (Å²) in [4.78, 5) is 44.6. The number of anilines is 2. The zero-order valence-corrected chi connectivity index (χ0v) is 22.8. The number of carbonyl (C=O) groups is 3. The normalized spacial score (nSPS) is 31.3. The topological polar surface area (TPSA) is 90.4 Å². The molecule has 10 heteroatoms. The van der Waals surface area contributed by atoms with Gasteiger partial charge in [-0.05, 0) is 44.1 Å². The van der Waals surface area contributed by atoms with Gasteiger partial charge < -0.3 is 28.7 Å². The molecule has 200 valence electrons. The van der Waals surface area contributed by atoms with E-state index >= 15 is 4.11 Å². The molecule has 0 radical (unpaired) electrons. The minimum Gasteiger partial charge on any atom is -0.394 e. The van der Waals surface area contributed by atoms with Gasteiger partial charge in [-0.2, -0.15) is 0 Å². The van der Waals surface area contributed by atoms with Gasteiger partial charge in [0.05, 0.1) is 30.9 Å². The number of hydrogen-bond acceptors (Lipinski definition) is 5. The van der Waals surface area contributed by atoms with Gasteiger partial charge in [0, 0.05) is 48.8 Å². The van der Waals surface area contributed by atoms with Crippen LogP contribution in [0.5, 0.6) is 0 Å². The van der Waals surface area contributed by atoms with Crippen molar-refractivity contribution in [3.8, 4) is 0 Å². The first kappa shape index (κ1) is 26.1. The second kappa shape index (κ2) is 9.32. The van der Waals surface area contributed by atoms with Gasteiger partial charge in [-0.3, -0.25) is 14.4 Å². The first-order chi connectivity index (χ1) is 17.5. The van der Waals surface area contributed by atoms with Gasteiger partial charge >= 0.3 is 0 Å². The maximum Gasteiger partial charge on any atom is 0.264 e. The number of benzene rings is 1. The van der Waals surface area contributed by atoms with Crippen LogP contribution in [0.2, 0.25) is 18.6 Å². The lowest BCUT2D eigenvalue weighted by Gasteiger charge is -2.33. The molecule has 3 fully saturated rings. The Hall–Kier alpha value is -2.56. The van der Waals surface area contributed by atoms with E-state index < -0.39 is 31.6 Å². The van der Waals surface area contributed by atoms with Crippen LogP contribution < -0.4 is 9.80 Å². The van der Waals surface area contributed by atoms with Crippen LogP contribution in [0.15, 0.2) is 30.9 Å². The maximum atomic E-state index is 16.0. The summed E-state index contributed by atoms with van der Waals surface area (Å²) in [6, 6.07) is 5.25. The molecule has 1 N–H and O–H groups in total. The van der Waals surface area contributed by atoms with Crippen molar-refractivity contribution in [1.29, 1.82) is 0 Å². The van der Waals surface area contributed by atoms with Gasteiger partial charge in [0.2, 0.25) is 20.2 Å². The van der Waals surface area contributed by atoms with Gasteiger partial charge in [0.15, 0.2) is 5.60 Å². The lowest BCUT2D eigenvalue weighted by atomic mass is 9.82. The molecule has 3 amide bonds. The van der Waals surface area contributed by atoms with Crippen molar-refractivity contribution in [3.63, 3.8) is 0 Å². The van der Waals surface area contributed by atoms with Gasteiger partial charge in [-0.1, -0.05) is 13.0 Å². The van der Waals surface area contributed by atoms with E-state index in [9.17, 15) is 19.5 Å². The number of aliphatic hydroxyl groups is 1. The SMILES string of the molecule is C=CCN1C(=O)[C@@]2(O[C@@H](CC(=O)N3CCC[C@H]3CO)[C@H]([Si](C)(C)F)[C@H]2C)c2cc(N3CCC3=O)ccc21. The molecule has 1 aromatic carbocycles. The quantitative estimate of drug-likeness (QED) is 0.254. The number of ether oxygens (including phenoxy) is 1. The van der Waals surface area contributed by atoms with Crippen LogP contribution in [-0.4, -0.2) is 74.5 Å². The predicted molar refractivity (Wildman–Crippen MR) is 140 cm³/mol. The summed E-state index contributed by atoms with van der Waals surface area (Å²) < 4.78 is 22.6. The van der Waals surface area contributed by atoms with Crippen LogP contribution >= 0.6 is 0 Å². The van der Waals surface area contributed by atoms with Crippen LogP contribution in [0.1, 0.15) is 38.2 Å². The third-order valence-electron chi connectivity index (χ3n) is 8.70. The van der Waals surface area contributed by atoms with Gasteiger partial charge in [-0.25, -0.2) is 0 Å². The fourth-order valence-electron chi connectivity index (χ4n) is 6.94. The number of carbonyl (C=O) groups excluding carboxylic acids is 3. The molecule has 37 heavy (non-hydrogen) atoms. The summed E-state index contributed by atoms with van der Waals surface area (Å²) in [6.45, 7) is 10.2. The molecule has 8 nitrogen and oxygen atoms in total. The average Bonchev–Trinajstić information content (AvgIpc) is 3.49. The number of likely N-dealkylation sites (tertiary alicyclic amines) is 1. The first-order valence-corrected chi connectivity index (χ1v) is 16.1. The predicted octanol–water partition coefficient (Wildman–Crippen LogP) is 3.10. The van der Waals surface area contributed by atoms with E-state index in [0.29, 0.717) is 36.4 Å². The highest BCUT2D eigenvalue weighted by Crippen LogP contribution is 2.60. The molecule has 0 bridgehead atoms. The third kappa shape index (κ3) is 3.95. The number of hydrogen-bond donors (Lipinski definition) is 1. The van der Waals surface area contributed by atoms with Crippen molar-refractivity contribution in [2.75, 3.05) is 36.0 Å². The fraction of sp³-hybridized carbons (Fsp3) is 0.593. The number of halogens is 1. The molecule has 5 rings (SSSR count). The molecule has 5 atom stereocenters. The van der Waals surface area contributed by atoms with Crippen LogP contribution in [0.25, 0.3) is 0 Å². The second-order valence-electron chi connectivity index (χ2n) is 11.2. The zero-order valence-electron chi connectivity index (χ0n) is 21.8. The molecule has 0 aliphatic carbocycles. The van der Waals surface area contributed by atoms with E-state index in [1.54, 1.807) is 33.9 Å². The van der Waals surface area contributed by atoms with E-state index in [0.717, 1.165) is 12.8 Å². The van der Waals surface area contributed by atoms with Crippen LogP contribution in [-0.2, 0) is 24.7 Å². The van der Waals surface area contributed by atoms with E-state index in [2.05, 4.69) is 6.58 Å². The first-order valence-electron chi connectivity index (χ1n) is 13.2. The molecule has 0 unspecified atom stereocenters. The lowest BCUT2D eigenvalue weighted by molar-refractivity contribution is -0.149. The monoisotopic (exact) mass is 529 g/mol. The number of rotatable bonds is 7. The molecule has 0 aromatic heterocycles. The van der Waals surface area contributed by atoms with Crippen molar-refractivity contribution in [1.82, 2.24) is 4.90 Å². The maximum absolute atomic E-state index is 16.0. The average molecular weight is 530 g/mol. The van der Waals surface area contributed by atoms with E-state index in [1.807, 2.05) is 25.1 Å². The number of β-lactam (4-membered cyclic amide) rings is 1. The van der Waals surface area contributed by atoms with Gasteiger partial charge in [0.1, 0.15) is 0 Å². The Morgan fingerprint density at radius 3 is 2.68 bits per heavy atom. The van der Waals surface area contributed by atoms with Crippen LogP contribution in [0, 0.1) is 5.92 Å². The Morgan fingerprint density at radius 1 is 1.32 bits per heavy atom. The van der Waals surface area contributed by atoms with Gasteiger partial charge in [-0.15, -0.1) is 6.58 Å². The molecule has 4 aliphatic heterocycles. The number of amides is 3. The van der Waals surface area contributed by atoms with Gasteiger partial charge in [0.25, 0.3) is 5.91 Å². The third-order valence-corrected chi connectivity index (χ3v) is 11.2. The molecule has 1 spiro atoms. The molecule has 3 saturated heterocycles. The number of aliphatic hydroxyl groups excluding tert-OH is 1. The Bertz CT molecular complexity index is 1140. The van der Waals surface area contributed by atoms with Crippen molar-refractivity contribution in [2.24, 2.45) is 5.92 Å². The van der Waals surface area contributed by atoms with Crippen molar-refractivity contribution in [3.05, 3.63) is 36.4 Å². The lowest BCUT2D eigenvalue weighted by Crippen LogP contribution is -2.45. The van der Waals surface area contributed by atoms with Crippen LogP contribution in [0.3, 0.4) is 0 Å². The zero-order chi connectivity index (χ0) is 26.7. The van der Waals surface area contributed by atoms with Crippen molar-refractivity contribution >= 4 is 37.5 Å². The standard InChI is InChI=1S/C27H36FN3O5Si/c1-5-11-31-21-9-8-18(30-13-10-23(30)33)14-20(21)27(26(31)35)17(2)25(37(3,4)28)22(36-27)15-24(34)29-12-6-7-19(29)16-32/h5,8-9,14,17,19,22,25,32H,1,6-7,10-13,15-16H2,2-4H3/t17-,19+,22+,25-,27+/m1/s1. The Balaban J connectivity index is 1.56. The summed E-state index contributed by atoms with van der Waals surface area (Å²) in [7, 11) is -3.41. The summed E-state index contributed by atoms with van der Waals surface area (Å²) in [6.07, 6.45) is 2.86. The second-order valence-corrected chi connectivity index (χ2v) is 15.0. The minimum atomic E-state index is -3.41. The Kier molecular flexibility index (Phi) is 6.56. The fourth-order valence-corrected chi connectivity index (χ4v) is 9.44. The number of nitrogens with zero attached hydrogens (tertiary/aromatic N) is 3. The van der Waals surface area contributed by atoms with E-state index in [4.69, 9.17) is 4.74 Å². The molecule has 0 saturated carbocycles. The Morgan fingerprint density at radius 2 is 2.08 bits per heavy atom. The largest absolute Gasteiger partial charge is 0.394 e. The minimum absolute atomic E-state index is 0.0179. The van der Waals surface area contributed by atoms with Crippen molar-refractivity contribution in [2.45, 2.75) is 69.0 Å². The van der Waals surface area contributed by atoms with E-state index in [-0.39, 0.29) is 43.3 Å². The highest BCUT2D eigenvalue weighted by atomic mass is 28.4. The summed E-state index contributed by atoms with van der Waals surface area (Å²) in [5.41, 5.74) is -0.0695. The van der Waals surface area contributed by atoms with Crippen molar-refractivity contribution < 1.29 is 28.3 Å². The summed E-state index contributed by atoms with van der Waals surface area (Å²) in [5.74, 6) is -0.964. The molecule has 1 aromatic rings.